The molecule has 4 N–H and O–H groups in total. The molecular weight excluding hydrogens is 1530 g/mol. The second-order valence-corrected chi connectivity index (χ2v) is 32.7. The number of aromatic nitrogens is 8. The quantitative estimate of drug-likeness (QED) is 0.0234. The summed E-state index contributed by atoms with van der Waals surface area (Å²) in [5.41, 5.74) is 3.63. The van der Waals surface area contributed by atoms with Crippen LogP contribution in [0.1, 0.15) is 46.4 Å². The number of halogens is 3. The van der Waals surface area contributed by atoms with Gasteiger partial charge in [0.05, 0.1) is 77.4 Å². The van der Waals surface area contributed by atoms with Crippen LogP contribution in [0.5, 0.6) is 11.5 Å². The Hall–Kier alpha value is -4.99. The minimum absolute atomic E-state index is 0. The molecule has 4 aromatic heterocycles. The number of nitrogens with zero attached hydrogens (tertiary/aromatic N) is 15. The number of anilines is 9. The Morgan fingerprint density at radius 1 is 0.574 bits per heavy atom. The van der Waals surface area contributed by atoms with Crippen molar-refractivity contribution in [2.45, 2.75) is 57.0 Å². The molecule has 7 heterocycles. The van der Waals surface area contributed by atoms with Gasteiger partial charge in [-0.1, -0.05) is 19.3 Å². The molecule has 3 saturated heterocycles. The summed E-state index contributed by atoms with van der Waals surface area (Å²) in [6.07, 6.45) is 18.5. The maximum absolute atomic E-state index is 14.0. The molecule has 530 valence electrons. The van der Waals surface area contributed by atoms with Crippen molar-refractivity contribution in [2.24, 2.45) is 0 Å². The molecule has 3 aliphatic heterocycles. The number of rotatable bonds is 18. The molecule has 12 rings (SSSR count). The number of likely N-dealkylation sites (N-methyl/N-ethyl adjacent to an activating group) is 2. The Kier molecular flexibility index (Phi) is 32.0. The third-order valence-corrected chi connectivity index (χ3v) is 21.5. The van der Waals surface area contributed by atoms with Crippen molar-refractivity contribution in [2.75, 3.05) is 147 Å². The van der Waals surface area contributed by atoms with Gasteiger partial charge in [0.1, 0.15) is 54.1 Å². The Labute approximate surface area is 687 Å². The van der Waals surface area contributed by atoms with Crippen LogP contribution in [0.2, 0.25) is 0 Å². The molecule has 0 amide bonds. The fourth-order valence-electron chi connectivity index (χ4n) is 12.3. The van der Waals surface area contributed by atoms with Crippen LogP contribution < -0.4 is 154 Å². The van der Waals surface area contributed by atoms with Gasteiger partial charge in [0.15, 0.2) is 0 Å². The minimum atomic E-state index is -2.81. The van der Waals surface area contributed by atoms with Crippen LogP contribution in [0.3, 0.4) is 0 Å². The second-order valence-electron chi connectivity index (χ2n) is 24.7. The molecular formula is C64H80Br2FK2N19O11P2. The molecule has 8 aromatic rings. The van der Waals surface area contributed by atoms with E-state index in [1.54, 1.807) is 81.8 Å². The van der Waals surface area contributed by atoms with E-state index in [2.05, 4.69) is 136 Å². The summed E-state index contributed by atoms with van der Waals surface area (Å²) < 4.78 is 52.4. The van der Waals surface area contributed by atoms with E-state index in [4.69, 9.17) is 19.5 Å². The van der Waals surface area contributed by atoms with Crippen molar-refractivity contribution in [1.82, 2.24) is 59.5 Å². The first-order chi connectivity index (χ1) is 47.4. The Bertz CT molecular complexity index is 4290. The number of nitrogens with one attached hydrogen (secondary N) is 4. The largest absolute Gasteiger partial charge is 1.00 e. The van der Waals surface area contributed by atoms with Crippen LogP contribution >= 0.6 is 46.1 Å². The van der Waals surface area contributed by atoms with Gasteiger partial charge in [-0.25, -0.2) is 9.97 Å². The molecule has 101 heavy (non-hydrogen) atoms. The molecule has 30 nitrogen and oxygen atoms in total. The van der Waals surface area contributed by atoms with E-state index in [0.29, 0.717) is 87.8 Å². The van der Waals surface area contributed by atoms with Crippen LogP contribution in [0.4, 0.5) is 67.7 Å². The van der Waals surface area contributed by atoms with Crippen molar-refractivity contribution in [3.8, 4) is 11.5 Å². The van der Waals surface area contributed by atoms with Gasteiger partial charge in [-0.3, -0.25) is 54.8 Å². The van der Waals surface area contributed by atoms with Gasteiger partial charge < -0.3 is 66.1 Å². The molecule has 1 saturated carbocycles. The number of nitro benzene ring substituents is 2. The van der Waals surface area contributed by atoms with E-state index >= 15 is 0 Å². The molecule has 0 atom stereocenters. The molecule has 0 spiro atoms. The summed E-state index contributed by atoms with van der Waals surface area (Å²) in [5, 5.41) is 45.4. The summed E-state index contributed by atoms with van der Waals surface area (Å²) in [7, 11) is 1.61. The predicted molar refractivity (Wildman–Crippen MR) is 388 cm³/mol. The van der Waals surface area contributed by atoms with E-state index in [9.17, 15) is 33.7 Å². The normalized spacial score (nSPS) is 15.7. The Balaban J connectivity index is 0.000000260. The zero-order valence-electron chi connectivity index (χ0n) is 59.1. The molecule has 0 radical (unpaired) electrons. The van der Waals surface area contributed by atoms with Gasteiger partial charge in [-0.2, -0.15) is 14.4 Å². The SMILES string of the molecule is CN1CCN(C2CCCCC2)CC1.COc1cc(F)c([N+](=O)[O-])cc1Nc1ncc(Br)c(Nc2ccc3nccnc3c2P(C)(C)=O)n1.COc1cc(N2CCC(N3CCN(C)CC3)CC2)c([N+](=O)[O-])cc1Nc1ncc(Br)c(Nc2ccc3nccnc3c2P(C)(C)=O)n1.O=CO[O-].[H-].[K+].[K+]. The number of carbonyl (C=O) groups excluding carboxylic acids is 1. The minimum Gasteiger partial charge on any atom is -1.00 e. The van der Waals surface area contributed by atoms with Gasteiger partial charge in [0.2, 0.25) is 17.7 Å². The molecule has 1 aliphatic carbocycles. The number of benzene rings is 4. The van der Waals surface area contributed by atoms with Crippen molar-refractivity contribution in [3.63, 3.8) is 0 Å². The molecule has 37 heteroatoms. The third-order valence-electron chi connectivity index (χ3n) is 17.3. The van der Waals surface area contributed by atoms with Gasteiger partial charge in [0.25, 0.3) is 12.2 Å². The fraction of sp³-hybridized carbons (Fsp3) is 0.422. The summed E-state index contributed by atoms with van der Waals surface area (Å²) in [6, 6.07) is 13.6. The average molecular weight is 1610 g/mol. The van der Waals surface area contributed by atoms with Crippen molar-refractivity contribution >= 4 is 149 Å². The Morgan fingerprint density at radius 3 is 1.39 bits per heavy atom. The molecule has 4 aromatic carbocycles. The molecule has 0 bridgehead atoms. The summed E-state index contributed by atoms with van der Waals surface area (Å²) in [5.74, 6) is 0.371. The molecule has 4 aliphatic rings. The second kappa shape index (κ2) is 38.9. The molecule has 4 fully saturated rings. The van der Waals surface area contributed by atoms with Gasteiger partial charge in [0, 0.05) is 139 Å². The smallest absolute Gasteiger partial charge is 1.00 e. The number of carbonyl (C=O) groups is 1. The van der Waals surface area contributed by atoms with Crippen molar-refractivity contribution < 1.29 is 152 Å². The first-order valence-electron chi connectivity index (χ1n) is 31.8. The predicted octanol–water partition coefficient (Wildman–Crippen LogP) is 4.15. The number of piperidine rings is 1. The van der Waals surface area contributed by atoms with E-state index in [-0.39, 0.29) is 145 Å². The number of ether oxygens (including phenoxy) is 2. The van der Waals surface area contributed by atoms with E-state index in [0.717, 1.165) is 70.3 Å². The van der Waals surface area contributed by atoms with Gasteiger partial charge >= 0.3 is 108 Å². The van der Waals surface area contributed by atoms with E-state index in [1.807, 2.05) is 0 Å². The van der Waals surface area contributed by atoms with E-state index < -0.39 is 30.7 Å². The van der Waals surface area contributed by atoms with Crippen LogP contribution in [-0.4, -0.2) is 208 Å². The fourth-order valence-corrected chi connectivity index (χ4v) is 15.7. The van der Waals surface area contributed by atoms with Crippen LogP contribution in [0.15, 0.2) is 94.7 Å². The maximum Gasteiger partial charge on any atom is 1.00 e. The first-order valence-corrected chi connectivity index (χ1v) is 38.6. The van der Waals surface area contributed by atoms with Crippen LogP contribution in [-0.2, 0) is 18.8 Å². The topological polar surface area (TPSA) is 356 Å². The summed E-state index contributed by atoms with van der Waals surface area (Å²) >= 11 is 6.90. The molecule has 0 unspecified atom stereocenters. The average Bonchev–Trinajstić information content (AvgIpc) is 0.769. The first kappa shape index (κ1) is 83.3. The standard InChI is InChI=1S/C31H38BrN10O4P.C21H18BrFN7O4P.C11H22N2.CH2O3.2K.H/c1-39-13-15-40(16-14-39)20-7-11-41(12-8-20)25-18-27(46-2)24(17-26(25)42(43)44)37-31-35-19-21(32)30(38-31)36-23-6-5-22-28(34-10-9-33-22)29(23)47(3,4)45;1-34-17-8-12(23)16(30(31)32)9-15(17)28-21-26-10-11(22)20(29-21)27-14-5-4-13-18(25-7-6-24-13)19(14)35(2,3)33;1-12-7-9-13(10-8-12)11-5-3-2-4-6-11;2-1-4-3;;;/h5-6,9-10,17-20H,7-8,11-16H2,1-4H3,(H2,35,36,37,38);4-10H,1-3H3,(H2,26,27,28,29);11H,2-10H2,1H3;1,3H;;;/q;;;;2*+1;-1/p-1. The summed E-state index contributed by atoms with van der Waals surface area (Å²) in [6.45, 7) is 17.3. The number of hydrogen-bond donors (Lipinski definition) is 4. The summed E-state index contributed by atoms with van der Waals surface area (Å²) in [4.78, 5) is 80.7. The van der Waals surface area contributed by atoms with E-state index in [1.165, 1.54) is 91.0 Å². The number of hydrogen-bond acceptors (Lipinski definition) is 28. The number of piperazine rings is 2. The zero-order chi connectivity index (χ0) is 71.1. The van der Waals surface area contributed by atoms with Gasteiger partial charge in [-0.15, -0.1) is 0 Å². The zero-order valence-corrected chi connectivity index (χ0v) is 69.3. The van der Waals surface area contributed by atoms with Crippen molar-refractivity contribution in [3.05, 3.63) is 121 Å². The van der Waals surface area contributed by atoms with Crippen LogP contribution in [0.25, 0.3) is 22.1 Å². The number of fused-ring (bicyclic) bond motifs is 2. The number of methoxy groups -OCH3 is 2. The van der Waals surface area contributed by atoms with Crippen molar-refractivity contribution in [1.29, 1.82) is 0 Å². The Morgan fingerprint density at radius 2 is 0.980 bits per heavy atom. The van der Waals surface area contributed by atoms with Gasteiger partial charge in [-0.05, 0) is 123 Å². The number of nitro groups is 2. The maximum atomic E-state index is 14.0. The van der Waals surface area contributed by atoms with Crippen LogP contribution in [0, 0.1) is 26.0 Å². The third kappa shape index (κ3) is 22.3. The monoisotopic (exact) mass is 1610 g/mol.